The molecule has 2 rings (SSSR count). The van der Waals surface area contributed by atoms with Crippen LogP contribution >= 0.6 is 0 Å². The second-order valence-corrected chi connectivity index (χ2v) is 4.34. The Kier molecular flexibility index (Phi) is 3.70. The Morgan fingerprint density at radius 2 is 2.06 bits per heavy atom. The van der Waals surface area contributed by atoms with E-state index >= 15 is 0 Å². The molecule has 1 aromatic rings. The van der Waals surface area contributed by atoms with Gasteiger partial charge >= 0.3 is 0 Å². The molecule has 0 aromatic carbocycles. The fourth-order valence-corrected chi connectivity index (χ4v) is 1.93. The molecule has 1 aliphatic heterocycles. The summed E-state index contributed by atoms with van der Waals surface area (Å²) in [6.07, 6.45) is 1.80. The summed E-state index contributed by atoms with van der Waals surface area (Å²) in [6.45, 7) is 9.28. The van der Waals surface area contributed by atoms with Gasteiger partial charge in [-0.2, -0.15) is 0 Å². The molecule has 0 N–H and O–H groups in total. The van der Waals surface area contributed by atoms with E-state index in [1.807, 2.05) is 6.07 Å². The van der Waals surface area contributed by atoms with Crippen molar-refractivity contribution in [1.29, 1.82) is 0 Å². The quantitative estimate of drug-likeness (QED) is 0.764. The number of aromatic nitrogens is 1. The highest BCUT2D eigenvalue weighted by Gasteiger charge is 2.14. The molecule has 86 valence electrons. The van der Waals surface area contributed by atoms with Gasteiger partial charge in [-0.25, -0.2) is 0 Å². The second kappa shape index (κ2) is 5.23. The van der Waals surface area contributed by atoms with Crippen molar-refractivity contribution in [3.63, 3.8) is 0 Å². The van der Waals surface area contributed by atoms with Crippen molar-refractivity contribution in [3.05, 3.63) is 36.2 Å². The van der Waals surface area contributed by atoms with E-state index in [0.29, 0.717) is 0 Å². The first-order chi connectivity index (χ1) is 7.78. The lowest BCUT2D eigenvalue weighted by Crippen LogP contribution is -2.44. The summed E-state index contributed by atoms with van der Waals surface area (Å²) in [5.74, 6) is 0. The van der Waals surface area contributed by atoms with Gasteiger partial charge in [0.25, 0.3) is 0 Å². The van der Waals surface area contributed by atoms with Crippen LogP contribution in [0.4, 0.5) is 0 Å². The monoisotopic (exact) mass is 217 g/mol. The van der Waals surface area contributed by atoms with Crippen molar-refractivity contribution in [1.82, 2.24) is 14.8 Å². The predicted molar refractivity (Wildman–Crippen MR) is 67.1 cm³/mol. The van der Waals surface area contributed by atoms with Crippen LogP contribution in [0.15, 0.2) is 24.8 Å². The van der Waals surface area contributed by atoms with E-state index in [1.165, 1.54) is 0 Å². The first-order valence-corrected chi connectivity index (χ1v) is 5.77. The number of likely N-dealkylation sites (N-methyl/N-ethyl adjacent to an activating group) is 1. The molecular formula is C13H19N3. The van der Waals surface area contributed by atoms with E-state index < -0.39 is 0 Å². The van der Waals surface area contributed by atoms with Crippen LogP contribution in [0.25, 0.3) is 6.08 Å². The third-order valence-corrected chi connectivity index (χ3v) is 3.02. The van der Waals surface area contributed by atoms with Crippen molar-refractivity contribution >= 4 is 6.08 Å². The first-order valence-electron chi connectivity index (χ1n) is 5.77. The molecule has 0 radical (unpaired) electrons. The summed E-state index contributed by atoms with van der Waals surface area (Å²) in [5.41, 5.74) is 2.11. The van der Waals surface area contributed by atoms with Crippen molar-refractivity contribution in [3.8, 4) is 0 Å². The molecule has 0 spiro atoms. The minimum atomic E-state index is 0.954. The molecule has 0 amide bonds. The maximum Gasteiger partial charge on any atom is 0.0627 e. The van der Waals surface area contributed by atoms with E-state index in [-0.39, 0.29) is 0 Å². The van der Waals surface area contributed by atoms with Crippen LogP contribution in [0, 0.1) is 0 Å². The largest absolute Gasteiger partial charge is 0.304 e. The molecule has 1 saturated heterocycles. The molecule has 1 aliphatic rings. The Morgan fingerprint density at radius 1 is 1.31 bits per heavy atom. The third-order valence-electron chi connectivity index (χ3n) is 3.02. The van der Waals surface area contributed by atoms with Crippen LogP contribution < -0.4 is 0 Å². The maximum atomic E-state index is 4.53. The van der Waals surface area contributed by atoms with Crippen molar-refractivity contribution in [2.75, 3.05) is 33.2 Å². The van der Waals surface area contributed by atoms with Crippen LogP contribution in [0.2, 0.25) is 0 Å². The maximum absolute atomic E-state index is 4.53. The van der Waals surface area contributed by atoms with E-state index in [0.717, 1.165) is 44.1 Å². The number of rotatable bonds is 3. The summed E-state index contributed by atoms with van der Waals surface area (Å²) < 4.78 is 0. The molecule has 1 aromatic heterocycles. The number of piperazine rings is 1. The molecule has 16 heavy (non-hydrogen) atoms. The Bertz CT molecular complexity index is 354. The fraction of sp³-hybridized carbons (Fsp3) is 0.462. The van der Waals surface area contributed by atoms with Crippen LogP contribution in [0.1, 0.15) is 11.4 Å². The van der Waals surface area contributed by atoms with Gasteiger partial charge in [-0.15, -0.1) is 0 Å². The van der Waals surface area contributed by atoms with Crippen LogP contribution in [0.3, 0.4) is 0 Å². The smallest absolute Gasteiger partial charge is 0.0627 e. The normalized spacial score (nSPS) is 18.6. The topological polar surface area (TPSA) is 19.4 Å². The lowest BCUT2D eigenvalue weighted by atomic mass is 10.2. The molecule has 0 saturated carbocycles. The molecule has 2 heterocycles. The van der Waals surface area contributed by atoms with Crippen LogP contribution in [-0.4, -0.2) is 48.0 Å². The highest BCUT2D eigenvalue weighted by atomic mass is 15.2. The zero-order valence-corrected chi connectivity index (χ0v) is 9.89. The van der Waals surface area contributed by atoms with E-state index in [1.54, 1.807) is 6.08 Å². The van der Waals surface area contributed by atoms with Gasteiger partial charge in [-0.05, 0) is 25.3 Å². The number of hydrogen-bond acceptors (Lipinski definition) is 3. The van der Waals surface area contributed by atoms with Crippen molar-refractivity contribution < 1.29 is 0 Å². The standard InChI is InChI=1S/C13H19N3/c1-3-12-5-4-6-13(14-12)11-16-9-7-15(2)8-10-16/h3-6H,1,7-11H2,2H3. The van der Waals surface area contributed by atoms with Gasteiger partial charge in [-0.3, -0.25) is 9.88 Å². The second-order valence-electron chi connectivity index (χ2n) is 4.34. The Morgan fingerprint density at radius 3 is 2.75 bits per heavy atom. The summed E-state index contributed by atoms with van der Waals surface area (Å²) in [4.78, 5) is 9.35. The summed E-state index contributed by atoms with van der Waals surface area (Å²) in [7, 11) is 2.17. The average Bonchev–Trinajstić information content (AvgIpc) is 2.32. The molecule has 0 unspecified atom stereocenters. The SMILES string of the molecule is C=Cc1cccc(CN2CCN(C)CC2)n1. The molecule has 3 nitrogen and oxygen atoms in total. The lowest BCUT2D eigenvalue weighted by molar-refractivity contribution is 0.147. The average molecular weight is 217 g/mol. The highest BCUT2D eigenvalue weighted by molar-refractivity contribution is 5.41. The summed E-state index contributed by atoms with van der Waals surface area (Å²) >= 11 is 0. The third kappa shape index (κ3) is 2.90. The molecule has 3 heteroatoms. The zero-order valence-electron chi connectivity index (χ0n) is 9.89. The Balaban J connectivity index is 1.95. The summed E-state index contributed by atoms with van der Waals surface area (Å²) in [6, 6.07) is 6.13. The lowest BCUT2D eigenvalue weighted by Gasteiger charge is -2.32. The van der Waals surface area contributed by atoms with Crippen molar-refractivity contribution in [2.24, 2.45) is 0 Å². The fourth-order valence-electron chi connectivity index (χ4n) is 1.93. The van der Waals surface area contributed by atoms with Gasteiger partial charge in [0.2, 0.25) is 0 Å². The first kappa shape index (κ1) is 11.3. The predicted octanol–water partition coefficient (Wildman–Crippen LogP) is 1.47. The zero-order chi connectivity index (χ0) is 11.4. The molecule has 0 atom stereocenters. The van der Waals surface area contributed by atoms with E-state index in [9.17, 15) is 0 Å². The van der Waals surface area contributed by atoms with Gasteiger partial charge in [-0.1, -0.05) is 12.6 Å². The number of nitrogens with zero attached hydrogens (tertiary/aromatic N) is 3. The van der Waals surface area contributed by atoms with Gasteiger partial charge in [0.05, 0.1) is 11.4 Å². The minimum Gasteiger partial charge on any atom is -0.304 e. The number of hydrogen-bond donors (Lipinski definition) is 0. The molecule has 1 fully saturated rings. The summed E-state index contributed by atoms with van der Waals surface area (Å²) in [5, 5.41) is 0. The molecule has 0 aliphatic carbocycles. The molecule has 0 bridgehead atoms. The van der Waals surface area contributed by atoms with Gasteiger partial charge in [0.15, 0.2) is 0 Å². The van der Waals surface area contributed by atoms with Gasteiger partial charge in [0, 0.05) is 32.7 Å². The van der Waals surface area contributed by atoms with E-state index in [2.05, 4.69) is 40.5 Å². The molecular weight excluding hydrogens is 198 g/mol. The van der Waals surface area contributed by atoms with Crippen molar-refractivity contribution in [2.45, 2.75) is 6.54 Å². The number of pyridine rings is 1. The van der Waals surface area contributed by atoms with Crippen LogP contribution in [0.5, 0.6) is 0 Å². The van der Waals surface area contributed by atoms with Crippen LogP contribution in [-0.2, 0) is 6.54 Å². The van der Waals surface area contributed by atoms with Gasteiger partial charge in [0.1, 0.15) is 0 Å². The van der Waals surface area contributed by atoms with Gasteiger partial charge < -0.3 is 4.90 Å². The minimum absolute atomic E-state index is 0.954. The highest BCUT2D eigenvalue weighted by Crippen LogP contribution is 2.07. The van der Waals surface area contributed by atoms with E-state index in [4.69, 9.17) is 0 Å². The Hall–Kier alpha value is -1.19. The Labute approximate surface area is 97.4 Å².